The van der Waals surface area contributed by atoms with Crippen molar-refractivity contribution in [1.29, 1.82) is 0 Å². The summed E-state index contributed by atoms with van der Waals surface area (Å²) in [6.45, 7) is 7.48. The van der Waals surface area contributed by atoms with E-state index in [2.05, 4.69) is 5.32 Å². The second-order valence-electron chi connectivity index (χ2n) is 4.48. The Morgan fingerprint density at radius 2 is 1.92 bits per heavy atom. The molecular weight excluding hydrogens is 156 g/mol. The number of hydrogen-bond donors (Lipinski definition) is 1. The van der Waals surface area contributed by atoms with Gasteiger partial charge in [0.15, 0.2) is 0 Å². The van der Waals surface area contributed by atoms with Crippen molar-refractivity contribution in [2.24, 2.45) is 0 Å². The minimum absolute atomic E-state index is 0.218. The highest BCUT2D eigenvalue weighted by molar-refractivity contribution is 5.86. The smallest absolute Gasteiger partial charge is 0.231 e. The molecule has 0 aromatic carbocycles. The summed E-state index contributed by atoms with van der Waals surface area (Å²) in [5.74, 6) is -0.387. The number of amides is 1. The van der Waals surface area contributed by atoms with Gasteiger partial charge in [-0.3, -0.25) is 10.1 Å². The van der Waals surface area contributed by atoms with Gasteiger partial charge >= 0.3 is 0 Å². The first kappa shape index (κ1) is 9.48. The quantitative estimate of drug-likeness (QED) is 0.576. The Morgan fingerprint density at radius 1 is 1.42 bits per heavy atom. The van der Waals surface area contributed by atoms with E-state index in [9.17, 15) is 10.0 Å². The SMILES string of the molecule is CC1(C)CN([O-])C(=O)C(C)(C)N1. The summed E-state index contributed by atoms with van der Waals surface area (Å²) in [7, 11) is 0. The lowest BCUT2D eigenvalue weighted by Crippen LogP contribution is -2.68. The zero-order chi connectivity index (χ0) is 9.57. The lowest BCUT2D eigenvalue weighted by Gasteiger charge is -2.50. The predicted octanol–water partition coefficient (Wildman–Crippen LogP) is 0.473. The molecule has 12 heavy (non-hydrogen) atoms. The summed E-state index contributed by atoms with van der Waals surface area (Å²) in [6.07, 6.45) is 0. The molecule has 0 aromatic heterocycles. The summed E-state index contributed by atoms with van der Waals surface area (Å²) in [4.78, 5) is 11.3. The average molecular weight is 171 g/mol. The fourth-order valence-electron chi connectivity index (χ4n) is 1.68. The molecule has 0 aliphatic carbocycles. The third-order valence-electron chi connectivity index (χ3n) is 1.95. The van der Waals surface area contributed by atoms with E-state index in [-0.39, 0.29) is 18.0 Å². The van der Waals surface area contributed by atoms with Crippen LogP contribution in [0.3, 0.4) is 0 Å². The monoisotopic (exact) mass is 171 g/mol. The largest absolute Gasteiger partial charge is 0.756 e. The van der Waals surface area contributed by atoms with Crippen LogP contribution in [0.4, 0.5) is 0 Å². The summed E-state index contributed by atoms with van der Waals surface area (Å²) < 4.78 is 0. The fraction of sp³-hybridized carbons (Fsp3) is 0.875. The van der Waals surface area contributed by atoms with Crippen LogP contribution in [0.2, 0.25) is 0 Å². The molecule has 4 heteroatoms. The van der Waals surface area contributed by atoms with E-state index in [0.717, 1.165) is 0 Å². The van der Waals surface area contributed by atoms with Crippen LogP contribution in [-0.4, -0.2) is 28.6 Å². The molecule has 1 saturated heterocycles. The fourth-order valence-corrected chi connectivity index (χ4v) is 1.68. The Bertz CT molecular complexity index is 211. The molecule has 4 nitrogen and oxygen atoms in total. The Morgan fingerprint density at radius 3 is 2.33 bits per heavy atom. The number of carbonyl (C=O) groups is 1. The van der Waals surface area contributed by atoms with Gasteiger partial charge < -0.3 is 10.3 Å². The van der Waals surface area contributed by atoms with Crippen molar-refractivity contribution in [3.63, 3.8) is 0 Å². The Labute approximate surface area is 72.5 Å². The molecule has 0 spiro atoms. The molecule has 0 atom stereocenters. The van der Waals surface area contributed by atoms with E-state index in [0.29, 0.717) is 5.06 Å². The molecule has 0 radical (unpaired) electrons. The van der Waals surface area contributed by atoms with E-state index in [4.69, 9.17) is 0 Å². The van der Waals surface area contributed by atoms with Crippen LogP contribution < -0.4 is 5.32 Å². The normalized spacial score (nSPS) is 27.4. The lowest BCUT2D eigenvalue weighted by molar-refractivity contribution is -0.140. The summed E-state index contributed by atoms with van der Waals surface area (Å²) >= 11 is 0. The topological polar surface area (TPSA) is 55.4 Å². The van der Waals surface area contributed by atoms with Crippen LogP contribution in [0.5, 0.6) is 0 Å². The van der Waals surface area contributed by atoms with E-state index in [1.807, 2.05) is 13.8 Å². The van der Waals surface area contributed by atoms with Crippen LogP contribution in [0, 0.1) is 5.21 Å². The van der Waals surface area contributed by atoms with Crippen molar-refractivity contribution in [2.45, 2.75) is 38.8 Å². The number of nitrogens with one attached hydrogen (secondary N) is 1. The number of hydrogen-bond acceptors (Lipinski definition) is 3. The maximum absolute atomic E-state index is 11.3. The van der Waals surface area contributed by atoms with Crippen LogP contribution in [0.15, 0.2) is 0 Å². The lowest BCUT2D eigenvalue weighted by atomic mass is 9.92. The van der Waals surface area contributed by atoms with Gasteiger partial charge in [-0.2, -0.15) is 0 Å². The molecule has 0 unspecified atom stereocenters. The molecule has 1 rings (SSSR count). The zero-order valence-corrected chi connectivity index (χ0v) is 7.97. The third-order valence-corrected chi connectivity index (χ3v) is 1.95. The van der Waals surface area contributed by atoms with Crippen molar-refractivity contribution in [1.82, 2.24) is 10.4 Å². The van der Waals surface area contributed by atoms with Crippen molar-refractivity contribution in [3.05, 3.63) is 5.21 Å². The van der Waals surface area contributed by atoms with Crippen molar-refractivity contribution >= 4 is 5.91 Å². The van der Waals surface area contributed by atoms with Gasteiger partial charge in [0.25, 0.3) is 0 Å². The summed E-state index contributed by atoms with van der Waals surface area (Å²) in [6, 6.07) is 0. The standard InChI is InChI=1S/C8H15N2O2/c1-7(2)5-10(12)6(11)8(3,4)9-7/h9H,5H2,1-4H3/q-1. The van der Waals surface area contributed by atoms with Gasteiger partial charge in [0.2, 0.25) is 5.91 Å². The molecule has 0 saturated carbocycles. The van der Waals surface area contributed by atoms with E-state index >= 15 is 0 Å². The van der Waals surface area contributed by atoms with Gasteiger partial charge in [0.05, 0.1) is 5.54 Å². The van der Waals surface area contributed by atoms with Gasteiger partial charge in [-0.15, -0.1) is 0 Å². The van der Waals surface area contributed by atoms with Crippen molar-refractivity contribution in [2.75, 3.05) is 6.54 Å². The minimum Gasteiger partial charge on any atom is -0.756 e. The second-order valence-corrected chi connectivity index (χ2v) is 4.48. The highest BCUT2D eigenvalue weighted by Gasteiger charge is 2.39. The molecule has 1 amide bonds. The highest BCUT2D eigenvalue weighted by atomic mass is 16.5. The average Bonchev–Trinajstić information content (AvgIpc) is 1.79. The number of nitrogens with zero attached hydrogens (tertiary/aromatic N) is 1. The molecule has 1 heterocycles. The van der Waals surface area contributed by atoms with Crippen molar-refractivity contribution in [3.8, 4) is 0 Å². The Kier molecular flexibility index (Phi) is 1.92. The molecular formula is C8H15N2O2-. The number of piperazine rings is 1. The zero-order valence-electron chi connectivity index (χ0n) is 7.97. The van der Waals surface area contributed by atoms with Crippen LogP contribution in [0.25, 0.3) is 0 Å². The van der Waals surface area contributed by atoms with Crippen molar-refractivity contribution < 1.29 is 4.79 Å². The first-order chi connectivity index (χ1) is 5.25. The molecule has 1 aliphatic heterocycles. The molecule has 70 valence electrons. The first-order valence-electron chi connectivity index (χ1n) is 4.03. The maximum Gasteiger partial charge on any atom is 0.231 e. The van der Waals surface area contributed by atoms with E-state index in [1.54, 1.807) is 13.8 Å². The summed E-state index contributed by atoms with van der Waals surface area (Å²) in [5.41, 5.74) is -1.03. The Hall–Kier alpha value is -0.610. The predicted molar refractivity (Wildman–Crippen MR) is 46.4 cm³/mol. The molecule has 1 fully saturated rings. The first-order valence-corrected chi connectivity index (χ1v) is 4.03. The van der Waals surface area contributed by atoms with E-state index in [1.165, 1.54) is 0 Å². The molecule has 1 N–H and O–H groups in total. The maximum atomic E-state index is 11.3. The highest BCUT2D eigenvalue weighted by Crippen LogP contribution is 2.20. The van der Waals surface area contributed by atoms with Gasteiger partial charge in [-0.25, -0.2) is 0 Å². The van der Waals surface area contributed by atoms with E-state index < -0.39 is 5.54 Å². The van der Waals surface area contributed by atoms with Crippen LogP contribution in [0.1, 0.15) is 27.7 Å². The number of carbonyl (C=O) groups excluding carboxylic acids is 1. The van der Waals surface area contributed by atoms with Gasteiger partial charge in [-0.1, -0.05) is 0 Å². The molecule has 0 aromatic rings. The summed E-state index contributed by atoms with van der Waals surface area (Å²) in [5, 5.41) is 14.8. The third kappa shape index (κ3) is 1.59. The molecule has 1 aliphatic rings. The number of hydroxylamine groups is 2. The van der Waals surface area contributed by atoms with Gasteiger partial charge in [0, 0.05) is 12.1 Å². The number of rotatable bonds is 0. The van der Waals surface area contributed by atoms with Crippen LogP contribution >= 0.6 is 0 Å². The minimum atomic E-state index is -0.733. The molecule has 0 bridgehead atoms. The second kappa shape index (κ2) is 2.44. The Balaban J connectivity index is 2.87. The van der Waals surface area contributed by atoms with Gasteiger partial charge in [-0.05, 0) is 27.7 Å². The van der Waals surface area contributed by atoms with Crippen LogP contribution in [-0.2, 0) is 4.79 Å². The van der Waals surface area contributed by atoms with Gasteiger partial charge in [0.1, 0.15) is 0 Å².